The van der Waals surface area contributed by atoms with Crippen molar-refractivity contribution in [1.82, 2.24) is 5.09 Å². The monoisotopic (exact) mass is 564 g/mol. The Labute approximate surface area is 224 Å². The molecule has 0 aliphatic rings. The van der Waals surface area contributed by atoms with Crippen molar-refractivity contribution in [1.29, 1.82) is 0 Å². The lowest BCUT2D eigenvalue weighted by atomic mass is 10.1. The van der Waals surface area contributed by atoms with Gasteiger partial charge in [0.25, 0.3) is 0 Å². The first-order valence-electron chi connectivity index (χ1n) is 12.2. The average molecular weight is 565 g/mol. The maximum absolute atomic E-state index is 12.8. The van der Waals surface area contributed by atoms with Gasteiger partial charge in [0.1, 0.15) is 29.8 Å². The number of nitrogens with one attached hydrogen (secondary N) is 1. The highest BCUT2D eigenvalue weighted by molar-refractivity contribution is 7.54. The number of aliphatic imine (C=N–C) groups is 2. The highest BCUT2D eigenvalue weighted by Gasteiger charge is 2.32. The SMILES string of the molecule is C=C(N)/N=C(/OCC)C(/N=C\CC(O)C(O)C(COP(N)(=O)NC(CC(C)C)C(=O)OCC)OC)=C(C)N. The standard InChI is InChI=1S/C23H45N6O8P/c1-8-35-22(28-16(6)25)20(15(5)24)27-11-10-18(30)21(31)19(34-7)13-37-38(26,33)29-17(12-14(3)4)23(32)36-9-2/h11,14,17-19,21,30-31H,6,8-10,12-13,24-25H2,1-5,7H3,(H3,26,29,33)/b20-15?,27-11-,28-22+. The third-order valence-electron chi connectivity index (χ3n) is 4.79. The molecule has 9 N–H and O–H groups in total. The van der Waals surface area contributed by atoms with Crippen LogP contribution in [-0.2, 0) is 28.1 Å². The van der Waals surface area contributed by atoms with Gasteiger partial charge in [-0.25, -0.2) is 10.6 Å². The molecule has 0 aromatic carbocycles. The molecule has 0 aromatic rings. The van der Waals surface area contributed by atoms with Crippen molar-refractivity contribution in [2.45, 2.75) is 71.8 Å². The fraction of sp³-hybridized carbons (Fsp3) is 0.696. The second-order valence-corrected chi connectivity index (χ2v) is 10.4. The topological polar surface area (TPSA) is 226 Å². The molecule has 0 saturated heterocycles. The average Bonchev–Trinajstić information content (AvgIpc) is 2.80. The van der Waals surface area contributed by atoms with Gasteiger partial charge in [0.2, 0.25) is 5.90 Å². The van der Waals surface area contributed by atoms with E-state index < -0.39 is 44.6 Å². The lowest BCUT2D eigenvalue weighted by Crippen LogP contribution is -2.43. The fourth-order valence-corrected chi connectivity index (χ4v) is 4.13. The molecular weight excluding hydrogens is 519 g/mol. The minimum Gasteiger partial charge on any atom is -0.476 e. The van der Waals surface area contributed by atoms with E-state index in [0.29, 0.717) is 6.42 Å². The highest BCUT2D eigenvalue weighted by atomic mass is 31.2. The quantitative estimate of drug-likeness (QED) is 0.0590. The second kappa shape index (κ2) is 18.1. The summed E-state index contributed by atoms with van der Waals surface area (Å²) in [6.45, 7) is 12.2. The van der Waals surface area contributed by atoms with Gasteiger partial charge in [-0.1, -0.05) is 20.4 Å². The number of carbonyl (C=O) groups excluding carboxylic acids is 1. The molecule has 0 radical (unpaired) electrons. The number of aliphatic hydroxyl groups excluding tert-OH is 2. The highest BCUT2D eigenvalue weighted by Crippen LogP contribution is 2.35. The number of methoxy groups -OCH3 is 1. The zero-order chi connectivity index (χ0) is 29.5. The van der Waals surface area contributed by atoms with Gasteiger partial charge in [0.05, 0.1) is 25.9 Å². The molecule has 0 aromatic heterocycles. The molecule has 220 valence electrons. The van der Waals surface area contributed by atoms with Gasteiger partial charge in [0, 0.05) is 25.4 Å². The number of allylic oxidation sites excluding steroid dienone is 1. The molecule has 0 aliphatic heterocycles. The fourth-order valence-electron chi connectivity index (χ4n) is 3.05. The number of nitrogens with zero attached hydrogens (tertiary/aromatic N) is 2. The Kier molecular flexibility index (Phi) is 17.0. The first-order valence-corrected chi connectivity index (χ1v) is 13.9. The first-order chi connectivity index (χ1) is 17.7. The third-order valence-corrected chi connectivity index (χ3v) is 6.00. The number of hydrogen-bond acceptors (Lipinski definition) is 12. The number of aliphatic hydroxyl groups is 2. The zero-order valence-electron chi connectivity index (χ0n) is 23.1. The van der Waals surface area contributed by atoms with E-state index in [4.69, 9.17) is 35.7 Å². The number of carbonyl (C=O) groups is 1. The summed E-state index contributed by atoms with van der Waals surface area (Å²) in [6.07, 6.45) is -2.45. The molecule has 38 heavy (non-hydrogen) atoms. The van der Waals surface area contributed by atoms with Gasteiger partial charge in [-0.15, -0.1) is 0 Å². The summed E-state index contributed by atoms with van der Waals surface area (Å²) in [5, 5.41) is 23.5. The molecule has 15 heteroatoms. The van der Waals surface area contributed by atoms with Crippen molar-refractivity contribution in [2.24, 2.45) is 32.9 Å². The molecule has 0 rings (SSSR count). The molecule has 0 amide bonds. The molecule has 0 aliphatic carbocycles. The minimum absolute atomic E-state index is 0.00902. The van der Waals surface area contributed by atoms with E-state index in [-0.39, 0.29) is 48.7 Å². The molecule has 0 fully saturated rings. The first kappa shape index (κ1) is 35.7. The van der Waals surface area contributed by atoms with E-state index in [9.17, 15) is 19.6 Å². The predicted molar refractivity (Wildman–Crippen MR) is 146 cm³/mol. The summed E-state index contributed by atoms with van der Waals surface area (Å²) in [6, 6.07) is -0.951. The van der Waals surface area contributed by atoms with Crippen molar-refractivity contribution >= 4 is 25.8 Å². The van der Waals surface area contributed by atoms with E-state index >= 15 is 0 Å². The van der Waals surface area contributed by atoms with Crippen LogP contribution in [0.3, 0.4) is 0 Å². The van der Waals surface area contributed by atoms with E-state index in [1.165, 1.54) is 13.3 Å². The Hall–Kier alpha value is -2.32. The smallest absolute Gasteiger partial charge is 0.338 e. The Morgan fingerprint density at radius 3 is 2.26 bits per heavy atom. The zero-order valence-corrected chi connectivity index (χ0v) is 24.0. The second-order valence-electron chi connectivity index (χ2n) is 8.71. The van der Waals surface area contributed by atoms with Crippen molar-refractivity contribution in [3.8, 4) is 0 Å². The van der Waals surface area contributed by atoms with E-state index in [1.54, 1.807) is 20.8 Å². The molecule has 0 bridgehead atoms. The van der Waals surface area contributed by atoms with Crippen LogP contribution in [0.5, 0.6) is 0 Å². The Morgan fingerprint density at radius 1 is 1.18 bits per heavy atom. The van der Waals surface area contributed by atoms with Crippen LogP contribution in [0.4, 0.5) is 0 Å². The normalized spacial score (nSPS) is 17.9. The molecule has 14 nitrogen and oxygen atoms in total. The van der Waals surface area contributed by atoms with E-state index in [1.807, 2.05) is 13.8 Å². The van der Waals surface area contributed by atoms with Crippen molar-refractivity contribution in [3.63, 3.8) is 0 Å². The van der Waals surface area contributed by atoms with Crippen LogP contribution in [0.2, 0.25) is 0 Å². The Morgan fingerprint density at radius 2 is 1.79 bits per heavy atom. The Balaban J connectivity index is 5.31. The third kappa shape index (κ3) is 14.0. The Bertz CT molecular complexity index is 891. The van der Waals surface area contributed by atoms with Crippen LogP contribution < -0.4 is 22.1 Å². The number of ether oxygens (including phenoxy) is 3. The van der Waals surface area contributed by atoms with Crippen LogP contribution >= 0.6 is 7.67 Å². The molecule has 5 unspecified atom stereocenters. The molecule has 0 spiro atoms. The summed E-state index contributed by atoms with van der Waals surface area (Å²) in [5.74, 6) is -0.488. The predicted octanol–water partition coefficient (Wildman–Crippen LogP) is 0.890. The van der Waals surface area contributed by atoms with E-state index in [0.717, 1.165) is 0 Å². The maximum Gasteiger partial charge on any atom is 0.338 e. The van der Waals surface area contributed by atoms with Crippen LogP contribution in [0.1, 0.15) is 47.5 Å². The summed E-state index contributed by atoms with van der Waals surface area (Å²) in [7, 11) is -2.73. The summed E-state index contributed by atoms with van der Waals surface area (Å²) in [5.41, 5.74) is 17.6. The lowest BCUT2D eigenvalue weighted by Gasteiger charge is -2.27. The number of esters is 1. The number of nitrogens with two attached hydrogens (primary N) is 3. The van der Waals surface area contributed by atoms with Gasteiger partial charge in [0.15, 0.2) is 0 Å². The van der Waals surface area contributed by atoms with Crippen molar-refractivity contribution in [3.05, 3.63) is 23.8 Å². The largest absolute Gasteiger partial charge is 0.476 e. The molecular formula is C23H45N6O8P. The van der Waals surface area contributed by atoms with E-state index in [2.05, 4.69) is 21.7 Å². The van der Waals surface area contributed by atoms with Gasteiger partial charge >= 0.3 is 13.6 Å². The lowest BCUT2D eigenvalue weighted by molar-refractivity contribution is -0.145. The number of rotatable bonds is 18. The van der Waals surface area contributed by atoms with Gasteiger partial charge < -0.3 is 40.4 Å². The summed E-state index contributed by atoms with van der Waals surface area (Å²) in [4.78, 5) is 20.4. The van der Waals surface area contributed by atoms with Crippen LogP contribution in [0.25, 0.3) is 0 Å². The molecule has 0 saturated carbocycles. The summed E-state index contributed by atoms with van der Waals surface area (Å²) >= 11 is 0. The van der Waals surface area contributed by atoms with Crippen LogP contribution in [0, 0.1) is 5.92 Å². The van der Waals surface area contributed by atoms with Crippen molar-refractivity contribution < 1.29 is 38.3 Å². The maximum atomic E-state index is 12.8. The molecule has 5 atom stereocenters. The number of hydrogen-bond donors (Lipinski definition) is 6. The summed E-state index contributed by atoms with van der Waals surface area (Å²) < 4.78 is 33.7. The van der Waals surface area contributed by atoms with Crippen LogP contribution in [0.15, 0.2) is 33.8 Å². The van der Waals surface area contributed by atoms with Gasteiger partial charge in [-0.2, -0.15) is 4.99 Å². The van der Waals surface area contributed by atoms with Crippen molar-refractivity contribution in [2.75, 3.05) is 26.9 Å². The molecule has 0 heterocycles. The minimum atomic E-state index is -4.01. The van der Waals surface area contributed by atoms with Gasteiger partial charge in [-0.05, 0) is 33.1 Å². The van der Waals surface area contributed by atoms with Crippen LogP contribution in [-0.4, -0.2) is 79.6 Å². The van der Waals surface area contributed by atoms with Gasteiger partial charge in [-0.3, -0.25) is 14.4 Å².